The van der Waals surface area contributed by atoms with Gasteiger partial charge in [-0.25, -0.2) is 0 Å². The molecule has 4 N–H and O–H groups in total. The van der Waals surface area contributed by atoms with Crippen molar-refractivity contribution in [1.82, 2.24) is 5.32 Å². The number of hydrogen-bond donors (Lipinski definition) is 4. The first-order valence-electron chi connectivity index (χ1n) is 21.8. The summed E-state index contributed by atoms with van der Waals surface area (Å²) in [6.45, 7) is 4.25. The lowest BCUT2D eigenvalue weighted by Crippen LogP contribution is -2.49. The van der Waals surface area contributed by atoms with Gasteiger partial charge in [-0.1, -0.05) is 232 Å². The van der Waals surface area contributed by atoms with Crippen LogP contribution in [0.15, 0.2) is 0 Å². The van der Waals surface area contributed by atoms with Crippen LogP contribution in [0.3, 0.4) is 0 Å². The molecule has 5 heteroatoms. The number of hydrogen-bond acceptors (Lipinski definition) is 4. The summed E-state index contributed by atoms with van der Waals surface area (Å²) in [5.41, 5.74) is 0. The van der Waals surface area contributed by atoms with Crippen molar-refractivity contribution < 1.29 is 20.1 Å². The molecule has 0 heterocycles. The zero-order chi connectivity index (χ0) is 35.2. The van der Waals surface area contributed by atoms with Crippen molar-refractivity contribution >= 4 is 5.91 Å². The maximum Gasteiger partial charge on any atom is 0.249 e. The monoisotopic (exact) mass is 682 g/mol. The van der Waals surface area contributed by atoms with Crippen molar-refractivity contribution in [1.29, 1.82) is 0 Å². The molecule has 0 aromatic carbocycles. The van der Waals surface area contributed by atoms with Crippen molar-refractivity contribution in [2.45, 2.75) is 263 Å². The van der Waals surface area contributed by atoms with Gasteiger partial charge in [-0.3, -0.25) is 4.79 Å². The SMILES string of the molecule is CCCCCCCCCCCCCCCCCCCCCCC(O)C(=O)NC(CO)C(O)CCCCCCCCCCCCCCCC. The van der Waals surface area contributed by atoms with Crippen LogP contribution in [-0.2, 0) is 4.79 Å². The van der Waals surface area contributed by atoms with Gasteiger partial charge < -0.3 is 20.6 Å². The quantitative estimate of drug-likeness (QED) is 0.0485. The zero-order valence-corrected chi connectivity index (χ0v) is 32.6. The smallest absolute Gasteiger partial charge is 0.249 e. The Morgan fingerprint density at radius 2 is 0.667 bits per heavy atom. The first-order chi connectivity index (χ1) is 23.6. The van der Waals surface area contributed by atoms with Gasteiger partial charge in [-0.05, 0) is 12.8 Å². The van der Waals surface area contributed by atoms with E-state index in [1.54, 1.807) is 0 Å². The topological polar surface area (TPSA) is 89.8 Å². The van der Waals surface area contributed by atoms with E-state index in [0.29, 0.717) is 12.8 Å². The fraction of sp³-hybridized carbons (Fsp3) is 0.977. The van der Waals surface area contributed by atoms with E-state index in [1.165, 1.54) is 186 Å². The van der Waals surface area contributed by atoms with Gasteiger partial charge in [0.15, 0.2) is 0 Å². The van der Waals surface area contributed by atoms with Gasteiger partial charge in [0.1, 0.15) is 6.10 Å². The van der Waals surface area contributed by atoms with Crippen LogP contribution in [0.1, 0.15) is 245 Å². The minimum absolute atomic E-state index is 0.308. The Labute approximate surface area is 300 Å². The molecule has 3 atom stereocenters. The third kappa shape index (κ3) is 33.8. The summed E-state index contributed by atoms with van der Waals surface area (Å²) in [6.07, 6.45) is 43.8. The van der Waals surface area contributed by atoms with Crippen molar-refractivity contribution in [3.63, 3.8) is 0 Å². The maximum absolute atomic E-state index is 12.5. The highest BCUT2D eigenvalue weighted by Gasteiger charge is 2.23. The van der Waals surface area contributed by atoms with E-state index in [2.05, 4.69) is 19.2 Å². The number of carbonyl (C=O) groups is 1. The van der Waals surface area contributed by atoms with Crippen LogP contribution in [0, 0.1) is 0 Å². The average molecular weight is 682 g/mol. The normalized spacial score (nSPS) is 13.5. The highest BCUT2D eigenvalue weighted by atomic mass is 16.3. The molecule has 0 aromatic heterocycles. The van der Waals surface area contributed by atoms with E-state index >= 15 is 0 Å². The first kappa shape index (κ1) is 47.4. The van der Waals surface area contributed by atoms with Crippen LogP contribution in [0.5, 0.6) is 0 Å². The molecule has 0 radical (unpaired) electrons. The number of amides is 1. The minimum atomic E-state index is -1.07. The minimum Gasteiger partial charge on any atom is -0.394 e. The molecular formula is C43H87NO4. The Hall–Kier alpha value is -0.650. The summed E-state index contributed by atoms with van der Waals surface area (Å²) >= 11 is 0. The molecule has 0 aliphatic carbocycles. The molecule has 0 saturated heterocycles. The van der Waals surface area contributed by atoms with E-state index in [1.807, 2.05) is 0 Å². The lowest BCUT2D eigenvalue weighted by atomic mass is 10.0. The van der Waals surface area contributed by atoms with Crippen LogP contribution in [0.25, 0.3) is 0 Å². The molecule has 0 fully saturated rings. The van der Waals surface area contributed by atoms with Gasteiger partial charge in [-0.15, -0.1) is 0 Å². The molecule has 1 amide bonds. The van der Waals surface area contributed by atoms with E-state index in [9.17, 15) is 20.1 Å². The van der Waals surface area contributed by atoms with E-state index < -0.39 is 24.2 Å². The number of nitrogens with one attached hydrogen (secondary N) is 1. The lowest BCUT2D eigenvalue weighted by molar-refractivity contribution is -0.131. The Bertz CT molecular complexity index is 630. The summed E-state index contributed by atoms with van der Waals surface area (Å²) in [7, 11) is 0. The summed E-state index contributed by atoms with van der Waals surface area (Å²) in [5, 5.41) is 33.3. The van der Waals surface area contributed by atoms with Gasteiger partial charge in [0.2, 0.25) is 5.91 Å². The molecule has 0 spiro atoms. The summed E-state index contributed by atoms with van der Waals surface area (Å²) in [4.78, 5) is 12.5. The first-order valence-corrected chi connectivity index (χ1v) is 21.8. The number of aliphatic hydroxyl groups excluding tert-OH is 3. The standard InChI is InChI=1S/C43H87NO4/c1-3-5-7-9-11-13-15-17-19-20-21-22-23-24-26-28-30-32-34-36-38-42(47)43(48)44-40(39-45)41(46)37-35-33-31-29-27-25-18-16-14-12-10-8-6-4-2/h40-42,45-47H,3-39H2,1-2H3,(H,44,48). The summed E-state index contributed by atoms with van der Waals surface area (Å²) < 4.78 is 0. The predicted molar refractivity (Wildman–Crippen MR) is 209 cm³/mol. The zero-order valence-electron chi connectivity index (χ0n) is 32.6. The van der Waals surface area contributed by atoms with Gasteiger partial charge in [-0.2, -0.15) is 0 Å². The fourth-order valence-corrected chi connectivity index (χ4v) is 7.02. The Balaban J connectivity index is 3.57. The molecule has 0 aliphatic rings. The van der Waals surface area contributed by atoms with Gasteiger partial charge in [0.05, 0.1) is 18.8 Å². The Morgan fingerprint density at radius 1 is 0.417 bits per heavy atom. The number of aliphatic hydroxyl groups is 3. The van der Waals surface area contributed by atoms with Crippen molar-refractivity contribution in [2.75, 3.05) is 6.61 Å². The van der Waals surface area contributed by atoms with E-state index in [-0.39, 0.29) is 6.61 Å². The van der Waals surface area contributed by atoms with Crippen LogP contribution in [-0.4, -0.2) is 46.1 Å². The Kier molecular flexibility index (Phi) is 38.6. The number of unbranched alkanes of at least 4 members (excludes halogenated alkanes) is 32. The van der Waals surface area contributed by atoms with Gasteiger partial charge in [0, 0.05) is 0 Å². The molecule has 48 heavy (non-hydrogen) atoms. The highest BCUT2D eigenvalue weighted by molar-refractivity contribution is 5.80. The molecule has 0 rings (SSSR count). The highest BCUT2D eigenvalue weighted by Crippen LogP contribution is 2.17. The third-order valence-electron chi connectivity index (χ3n) is 10.5. The van der Waals surface area contributed by atoms with Crippen LogP contribution in [0.2, 0.25) is 0 Å². The van der Waals surface area contributed by atoms with Crippen LogP contribution in [0.4, 0.5) is 0 Å². The maximum atomic E-state index is 12.5. The second kappa shape index (κ2) is 39.1. The summed E-state index contributed by atoms with van der Waals surface area (Å²) in [6, 6.07) is -0.705. The molecule has 0 aliphatic heterocycles. The van der Waals surface area contributed by atoms with Crippen molar-refractivity contribution in [3.05, 3.63) is 0 Å². The molecule has 0 saturated carbocycles. The molecule has 5 nitrogen and oxygen atoms in total. The third-order valence-corrected chi connectivity index (χ3v) is 10.5. The number of rotatable bonds is 40. The van der Waals surface area contributed by atoms with E-state index in [4.69, 9.17) is 0 Å². The fourth-order valence-electron chi connectivity index (χ4n) is 7.02. The average Bonchev–Trinajstić information content (AvgIpc) is 3.09. The summed E-state index contributed by atoms with van der Waals surface area (Å²) in [5.74, 6) is -0.466. The van der Waals surface area contributed by atoms with Crippen LogP contribution < -0.4 is 5.32 Å². The van der Waals surface area contributed by atoms with Crippen LogP contribution >= 0.6 is 0 Å². The predicted octanol–water partition coefficient (Wildman–Crippen LogP) is 12.3. The van der Waals surface area contributed by atoms with Gasteiger partial charge in [0.25, 0.3) is 0 Å². The lowest BCUT2D eigenvalue weighted by Gasteiger charge is -2.23. The van der Waals surface area contributed by atoms with Gasteiger partial charge >= 0.3 is 0 Å². The molecular weight excluding hydrogens is 594 g/mol. The molecule has 0 aromatic rings. The second-order valence-corrected chi connectivity index (χ2v) is 15.3. The second-order valence-electron chi connectivity index (χ2n) is 15.3. The van der Waals surface area contributed by atoms with Crippen molar-refractivity contribution in [2.24, 2.45) is 0 Å². The van der Waals surface area contributed by atoms with Crippen molar-refractivity contribution in [3.8, 4) is 0 Å². The largest absolute Gasteiger partial charge is 0.394 e. The number of carbonyl (C=O) groups excluding carboxylic acids is 1. The Morgan fingerprint density at radius 3 is 0.938 bits per heavy atom. The molecule has 288 valence electrons. The van der Waals surface area contributed by atoms with E-state index in [0.717, 1.165) is 32.1 Å². The molecule has 3 unspecified atom stereocenters. The molecule has 0 bridgehead atoms.